The first-order chi connectivity index (χ1) is 11.8. The Hall–Kier alpha value is -1.45. The van der Waals surface area contributed by atoms with E-state index in [1.807, 2.05) is 23.5 Å². The smallest absolute Gasteiger partial charge is 0.0540 e. The van der Waals surface area contributed by atoms with E-state index in [-0.39, 0.29) is 0 Å². The highest BCUT2D eigenvalue weighted by molar-refractivity contribution is 7.99. The van der Waals surface area contributed by atoms with Gasteiger partial charge in [-0.25, -0.2) is 0 Å². The highest BCUT2D eigenvalue weighted by Gasteiger charge is 2.21. The van der Waals surface area contributed by atoms with Crippen LogP contribution in [0.2, 0.25) is 0 Å². The summed E-state index contributed by atoms with van der Waals surface area (Å²) in [5.41, 5.74) is 5.30. The van der Waals surface area contributed by atoms with Crippen LogP contribution in [-0.4, -0.2) is 17.5 Å². The molecule has 5 rings (SSSR count). The van der Waals surface area contributed by atoms with E-state index < -0.39 is 0 Å². The Labute approximate surface area is 152 Å². The second-order valence-corrected chi connectivity index (χ2v) is 8.35. The van der Waals surface area contributed by atoms with E-state index in [1.165, 1.54) is 33.3 Å². The predicted octanol–water partition coefficient (Wildman–Crippen LogP) is 5.84. The predicted molar refractivity (Wildman–Crippen MR) is 108 cm³/mol. The largest absolute Gasteiger partial charge is 0.255 e. The van der Waals surface area contributed by atoms with Crippen molar-refractivity contribution in [3.8, 4) is 0 Å². The third kappa shape index (κ3) is 2.84. The van der Waals surface area contributed by atoms with E-state index in [2.05, 4.69) is 67.1 Å². The van der Waals surface area contributed by atoms with Gasteiger partial charge in [-0.05, 0) is 59.4 Å². The van der Waals surface area contributed by atoms with Crippen LogP contribution in [0, 0.1) is 0 Å². The molecule has 1 aromatic heterocycles. The standard InChI is InChI=1S/C21H21NS2/c1-23-20-12-14-10-11-15(17-7-4-3-6-16(14)17)13-21(24-2)19-9-5-8-18(20)22-19/h3-11,20-21H,12-13H2,1-2H3. The maximum atomic E-state index is 5.04. The van der Waals surface area contributed by atoms with Crippen LogP contribution in [0.1, 0.15) is 33.0 Å². The summed E-state index contributed by atoms with van der Waals surface area (Å²) in [6.07, 6.45) is 6.45. The van der Waals surface area contributed by atoms with Crippen molar-refractivity contribution in [3.63, 3.8) is 0 Å². The number of hydrogen-bond donors (Lipinski definition) is 0. The van der Waals surface area contributed by atoms with Gasteiger partial charge in [-0.1, -0.05) is 42.5 Å². The zero-order chi connectivity index (χ0) is 16.5. The quantitative estimate of drug-likeness (QED) is 0.575. The summed E-state index contributed by atoms with van der Waals surface area (Å²) in [5, 5.41) is 3.62. The maximum Gasteiger partial charge on any atom is 0.0540 e. The third-order valence-corrected chi connectivity index (χ3v) is 6.89. The van der Waals surface area contributed by atoms with E-state index in [0.29, 0.717) is 10.5 Å². The molecular formula is C21H21NS2. The van der Waals surface area contributed by atoms with E-state index in [1.54, 1.807) is 0 Å². The fourth-order valence-corrected chi connectivity index (χ4v) is 5.06. The maximum absolute atomic E-state index is 5.04. The molecule has 0 aliphatic carbocycles. The lowest BCUT2D eigenvalue weighted by Crippen LogP contribution is -2.05. The lowest BCUT2D eigenvalue weighted by molar-refractivity contribution is 0.847. The molecule has 122 valence electrons. The molecule has 3 heterocycles. The SMILES string of the molecule is CSC1Cc2ccc(c3ccccc23)CC(SC)c2cccc1n2. The van der Waals surface area contributed by atoms with Gasteiger partial charge in [0.05, 0.1) is 21.9 Å². The molecule has 3 aromatic rings. The van der Waals surface area contributed by atoms with Gasteiger partial charge in [0, 0.05) is 0 Å². The molecule has 0 saturated heterocycles. The summed E-state index contributed by atoms with van der Waals surface area (Å²) in [4.78, 5) is 5.04. The normalized spacial score (nSPS) is 20.1. The zero-order valence-electron chi connectivity index (χ0n) is 14.0. The minimum Gasteiger partial charge on any atom is -0.255 e. The first-order valence-electron chi connectivity index (χ1n) is 8.32. The second-order valence-electron chi connectivity index (χ2n) is 6.27. The van der Waals surface area contributed by atoms with Crippen molar-refractivity contribution in [3.05, 3.63) is 77.1 Å². The molecule has 1 nitrogen and oxygen atoms in total. The number of pyridine rings is 1. The average Bonchev–Trinajstić information content (AvgIpc) is 2.67. The Morgan fingerprint density at radius 3 is 1.67 bits per heavy atom. The van der Waals surface area contributed by atoms with Gasteiger partial charge in [0.1, 0.15) is 0 Å². The zero-order valence-corrected chi connectivity index (χ0v) is 15.7. The van der Waals surface area contributed by atoms with Crippen molar-refractivity contribution < 1.29 is 0 Å². The number of thioether (sulfide) groups is 2. The van der Waals surface area contributed by atoms with Gasteiger partial charge in [0.25, 0.3) is 0 Å². The van der Waals surface area contributed by atoms with Gasteiger partial charge in [0.2, 0.25) is 0 Å². The minimum atomic E-state index is 0.403. The topological polar surface area (TPSA) is 12.9 Å². The fourth-order valence-electron chi connectivity index (χ4n) is 3.62. The Balaban J connectivity index is 1.97. The lowest BCUT2D eigenvalue weighted by Gasteiger charge is -2.17. The van der Waals surface area contributed by atoms with Gasteiger partial charge >= 0.3 is 0 Å². The van der Waals surface area contributed by atoms with Crippen molar-refractivity contribution >= 4 is 34.3 Å². The van der Waals surface area contributed by atoms with Crippen molar-refractivity contribution in [2.45, 2.75) is 23.3 Å². The molecule has 0 spiro atoms. The number of rotatable bonds is 2. The Kier molecular flexibility index (Phi) is 4.55. The molecule has 2 atom stereocenters. The van der Waals surface area contributed by atoms with Gasteiger partial charge in [-0.15, -0.1) is 0 Å². The van der Waals surface area contributed by atoms with Crippen LogP contribution >= 0.6 is 23.5 Å². The minimum absolute atomic E-state index is 0.403. The first kappa shape index (κ1) is 16.0. The molecule has 2 aliphatic heterocycles. The molecule has 0 N–H and O–H groups in total. The Bertz CT molecular complexity index is 807. The third-order valence-electron chi connectivity index (χ3n) is 4.94. The van der Waals surface area contributed by atoms with Gasteiger partial charge in [-0.2, -0.15) is 23.5 Å². The fraction of sp³-hybridized carbons (Fsp3) is 0.286. The van der Waals surface area contributed by atoms with Crippen molar-refractivity contribution in [1.29, 1.82) is 0 Å². The van der Waals surface area contributed by atoms with E-state index >= 15 is 0 Å². The van der Waals surface area contributed by atoms with Crippen LogP contribution in [-0.2, 0) is 12.8 Å². The molecule has 0 fully saturated rings. The second kappa shape index (κ2) is 6.81. The summed E-state index contributed by atoms with van der Waals surface area (Å²) in [6.45, 7) is 0. The number of aromatic nitrogens is 1. The van der Waals surface area contributed by atoms with Crippen LogP contribution < -0.4 is 0 Å². The van der Waals surface area contributed by atoms with Crippen LogP contribution in [0.4, 0.5) is 0 Å². The molecule has 0 amide bonds. The Morgan fingerprint density at radius 1 is 0.708 bits per heavy atom. The van der Waals surface area contributed by atoms with E-state index in [0.717, 1.165) is 12.8 Å². The summed E-state index contributed by atoms with van der Waals surface area (Å²) >= 11 is 3.80. The highest BCUT2D eigenvalue weighted by atomic mass is 32.2. The van der Waals surface area contributed by atoms with Gasteiger partial charge in [0.15, 0.2) is 0 Å². The van der Waals surface area contributed by atoms with Crippen LogP contribution in [0.5, 0.6) is 0 Å². The highest BCUT2D eigenvalue weighted by Crippen LogP contribution is 2.38. The van der Waals surface area contributed by atoms with E-state index in [4.69, 9.17) is 4.98 Å². The molecule has 0 radical (unpaired) electrons. The van der Waals surface area contributed by atoms with Crippen molar-refractivity contribution in [1.82, 2.24) is 4.98 Å². The monoisotopic (exact) mass is 351 g/mol. The number of nitrogens with zero attached hydrogens (tertiary/aromatic N) is 1. The summed E-state index contributed by atoms with van der Waals surface area (Å²) in [5.74, 6) is 0. The molecule has 4 bridgehead atoms. The number of fused-ring (bicyclic) bond motifs is 3. The molecule has 2 aliphatic rings. The molecule has 2 unspecified atom stereocenters. The molecule has 2 aromatic carbocycles. The van der Waals surface area contributed by atoms with Crippen molar-refractivity contribution in [2.24, 2.45) is 0 Å². The molecule has 3 heteroatoms. The Morgan fingerprint density at radius 2 is 1.21 bits per heavy atom. The lowest BCUT2D eigenvalue weighted by atomic mass is 9.94. The summed E-state index contributed by atoms with van der Waals surface area (Å²) < 4.78 is 0. The van der Waals surface area contributed by atoms with Crippen LogP contribution in [0.3, 0.4) is 0 Å². The molecular weight excluding hydrogens is 330 g/mol. The van der Waals surface area contributed by atoms with Crippen LogP contribution in [0.25, 0.3) is 10.8 Å². The average molecular weight is 352 g/mol. The first-order valence-corrected chi connectivity index (χ1v) is 10.9. The van der Waals surface area contributed by atoms with Gasteiger partial charge in [-0.3, -0.25) is 4.98 Å². The summed E-state index contributed by atoms with van der Waals surface area (Å²) in [7, 11) is 0. The number of benzene rings is 2. The molecule has 24 heavy (non-hydrogen) atoms. The summed E-state index contributed by atoms with van der Waals surface area (Å²) in [6, 6.07) is 20.1. The molecule has 0 saturated carbocycles. The van der Waals surface area contributed by atoms with Crippen LogP contribution in [0.15, 0.2) is 54.6 Å². The van der Waals surface area contributed by atoms with E-state index in [9.17, 15) is 0 Å². The van der Waals surface area contributed by atoms with Crippen molar-refractivity contribution in [2.75, 3.05) is 12.5 Å². The van der Waals surface area contributed by atoms with Gasteiger partial charge < -0.3 is 0 Å². The number of hydrogen-bond acceptors (Lipinski definition) is 3.